The second-order valence-electron chi connectivity index (χ2n) is 7.36. The van der Waals surface area contributed by atoms with Crippen LogP contribution in [0.3, 0.4) is 0 Å². The van der Waals surface area contributed by atoms with Crippen molar-refractivity contribution in [1.29, 1.82) is 0 Å². The number of aromatic nitrogens is 4. The van der Waals surface area contributed by atoms with Crippen molar-refractivity contribution in [2.45, 2.75) is 51.1 Å². The first-order chi connectivity index (χ1) is 13.2. The number of carbonyl (C=O) groups excluding carboxylic acids is 1. The highest BCUT2D eigenvalue weighted by Gasteiger charge is 2.31. The number of nitrogens with one attached hydrogen (secondary N) is 2. The van der Waals surface area contributed by atoms with Crippen LogP contribution in [0.4, 0.5) is 0 Å². The summed E-state index contributed by atoms with van der Waals surface area (Å²) in [5, 5.41) is 7.06. The zero-order valence-corrected chi connectivity index (χ0v) is 15.6. The van der Waals surface area contributed by atoms with Crippen molar-refractivity contribution in [2.75, 3.05) is 0 Å². The van der Waals surface area contributed by atoms with Gasteiger partial charge in [0.2, 0.25) is 0 Å². The maximum absolute atomic E-state index is 13.1. The molecule has 27 heavy (non-hydrogen) atoms. The van der Waals surface area contributed by atoms with Crippen LogP contribution in [0.2, 0.25) is 0 Å². The predicted octanol–water partition coefficient (Wildman–Crippen LogP) is 3.81. The van der Waals surface area contributed by atoms with E-state index in [2.05, 4.69) is 50.5 Å². The molecule has 3 aromatic rings. The highest BCUT2D eigenvalue weighted by molar-refractivity contribution is 5.92. The van der Waals surface area contributed by atoms with Crippen molar-refractivity contribution in [1.82, 2.24) is 25.1 Å². The Bertz CT molecular complexity index is 863. The Kier molecular flexibility index (Phi) is 5.05. The monoisotopic (exact) mass is 363 g/mol. The summed E-state index contributed by atoms with van der Waals surface area (Å²) in [4.78, 5) is 22.3. The fourth-order valence-electron chi connectivity index (χ4n) is 4.04. The van der Waals surface area contributed by atoms with E-state index in [1.807, 2.05) is 17.9 Å². The van der Waals surface area contributed by atoms with Crippen molar-refractivity contribution in [3.63, 3.8) is 0 Å². The minimum absolute atomic E-state index is 0.0166. The van der Waals surface area contributed by atoms with Gasteiger partial charge in [-0.2, -0.15) is 5.10 Å². The quantitative estimate of drug-likeness (QED) is 0.723. The number of aromatic amines is 2. The van der Waals surface area contributed by atoms with Gasteiger partial charge >= 0.3 is 0 Å². The molecule has 4 rings (SSSR count). The van der Waals surface area contributed by atoms with Crippen molar-refractivity contribution in [3.8, 4) is 0 Å². The normalized spacial score (nSPS) is 19.7. The largest absolute Gasteiger partial charge is 0.347 e. The lowest BCUT2D eigenvalue weighted by molar-refractivity contribution is 0.0596. The molecule has 0 spiro atoms. The number of imidazole rings is 1. The zero-order chi connectivity index (χ0) is 18.6. The molecule has 2 heterocycles. The molecule has 2 N–H and O–H groups in total. The van der Waals surface area contributed by atoms with E-state index < -0.39 is 0 Å². The van der Waals surface area contributed by atoms with E-state index in [1.165, 1.54) is 5.56 Å². The summed E-state index contributed by atoms with van der Waals surface area (Å²) < 4.78 is 0. The van der Waals surface area contributed by atoms with Gasteiger partial charge in [0.25, 0.3) is 5.91 Å². The lowest BCUT2D eigenvalue weighted by atomic mass is 9.81. The van der Waals surface area contributed by atoms with Crippen LogP contribution < -0.4 is 0 Å². The second kappa shape index (κ2) is 7.78. The number of hydrogen-bond donors (Lipinski definition) is 2. The summed E-state index contributed by atoms with van der Waals surface area (Å²) in [5.41, 5.74) is 3.73. The van der Waals surface area contributed by atoms with E-state index in [1.54, 1.807) is 12.5 Å². The number of aryl methyl sites for hydroxylation is 1. The van der Waals surface area contributed by atoms with Crippen LogP contribution >= 0.6 is 0 Å². The van der Waals surface area contributed by atoms with Gasteiger partial charge in [0, 0.05) is 17.9 Å². The number of amides is 1. The van der Waals surface area contributed by atoms with Gasteiger partial charge in [-0.05, 0) is 50.2 Å². The molecular formula is C21H25N5O. The lowest BCUT2D eigenvalue weighted by Crippen LogP contribution is -2.42. The molecule has 140 valence electrons. The number of benzene rings is 1. The molecule has 0 saturated heterocycles. The average Bonchev–Trinajstić information content (AvgIpc) is 3.38. The Morgan fingerprint density at radius 2 is 1.96 bits per heavy atom. The van der Waals surface area contributed by atoms with Gasteiger partial charge in [-0.25, -0.2) is 4.98 Å². The first-order valence-electron chi connectivity index (χ1n) is 9.56. The molecule has 2 aromatic heterocycles. The Hall–Kier alpha value is -2.89. The molecule has 1 aliphatic rings. The van der Waals surface area contributed by atoms with E-state index in [4.69, 9.17) is 0 Å². The topological polar surface area (TPSA) is 77.7 Å². The number of rotatable bonds is 5. The molecule has 6 nitrogen and oxygen atoms in total. The van der Waals surface area contributed by atoms with Crippen LogP contribution in [0.1, 0.15) is 59.0 Å². The summed E-state index contributed by atoms with van der Waals surface area (Å²) in [6.07, 6.45) is 7.64. The van der Waals surface area contributed by atoms with E-state index in [0.29, 0.717) is 18.2 Å². The molecule has 1 amide bonds. The van der Waals surface area contributed by atoms with E-state index >= 15 is 0 Å². The molecular weight excluding hydrogens is 338 g/mol. The summed E-state index contributed by atoms with van der Waals surface area (Å²) in [5.74, 6) is 0.566. The van der Waals surface area contributed by atoms with Crippen LogP contribution in [0, 0.1) is 6.92 Å². The van der Waals surface area contributed by atoms with Crippen molar-refractivity contribution < 1.29 is 4.79 Å². The van der Waals surface area contributed by atoms with Gasteiger partial charge in [0.15, 0.2) is 0 Å². The molecule has 0 radical (unpaired) electrons. The van der Waals surface area contributed by atoms with Gasteiger partial charge in [0.1, 0.15) is 5.69 Å². The number of H-pyrrole nitrogens is 2. The molecule has 0 bridgehead atoms. The van der Waals surface area contributed by atoms with Gasteiger partial charge in [-0.1, -0.05) is 30.3 Å². The Morgan fingerprint density at radius 1 is 1.19 bits per heavy atom. The van der Waals surface area contributed by atoms with Crippen LogP contribution in [0.5, 0.6) is 0 Å². The van der Waals surface area contributed by atoms with Gasteiger partial charge < -0.3 is 9.88 Å². The summed E-state index contributed by atoms with van der Waals surface area (Å²) >= 11 is 0. The van der Waals surface area contributed by atoms with Crippen LogP contribution in [-0.2, 0) is 6.54 Å². The third-order valence-corrected chi connectivity index (χ3v) is 5.49. The second-order valence-corrected chi connectivity index (χ2v) is 7.36. The highest BCUT2D eigenvalue weighted by Crippen LogP contribution is 2.35. The molecule has 1 aliphatic carbocycles. The SMILES string of the molecule is Cc1cc(C(=O)N(Cc2cnc[nH]2)C2CCC(c3ccccc3)CC2)n[nH]1. The molecule has 1 saturated carbocycles. The van der Waals surface area contributed by atoms with Crippen molar-refractivity contribution in [2.24, 2.45) is 0 Å². The first kappa shape index (κ1) is 17.5. The lowest BCUT2D eigenvalue weighted by Gasteiger charge is -2.36. The highest BCUT2D eigenvalue weighted by atomic mass is 16.2. The molecule has 0 atom stereocenters. The minimum Gasteiger partial charge on any atom is -0.347 e. The predicted molar refractivity (Wildman–Crippen MR) is 103 cm³/mol. The average molecular weight is 363 g/mol. The molecule has 1 aromatic carbocycles. The zero-order valence-electron chi connectivity index (χ0n) is 15.6. The Balaban J connectivity index is 1.50. The third kappa shape index (κ3) is 3.94. The Labute approximate surface area is 159 Å². The Morgan fingerprint density at radius 3 is 2.59 bits per heavy atom. The van der Waals surface area contributed by atoms with E-state index in [9.17, 15) is 4.79 Å². The van der Waals surface area contributed by atoms with Crippen LogP contribution in [-0.4, -0.2) is 37.0 Å². The molecule has 0 aliphatic heterocycles. The third-order valence-electron chi connectivity index (χ3n) is 5.49. The molecule has 0 unspecified atom stereocenters. The number of nitrogens with zero attached hydrogens (tertiary/aromatic N) is 3. The van der Waals surface area contributed by atoms with Gasteiger partial charge in [-0.3, -0.25) is 9.89 Å². The minimum atomic E-state index is -0.0166. The van der Waals surface area contributed by atoms with Crippen molar-refractivity contribution in [3.05, 3.63) is 71.6 Å². The summed E-state index contributed by atoms with van der Waals surface area (Å²) in [6.45, 7) is 2.44. The number of carbonyl (C=O) groups is 1. The van der Waals surface area contributed by atoms with E-state index in [-0.39, 0.29) is 11.9 Å². The number of hydrogen-bond acceptors (Lipinski definition) is 3. The van der Waals surface area contributed by atoms with E-state index in [0.717, 1.165) is 37.1 Å². The summed E-state index contributed by atoms with van der Waals surface area (Å²) in [7, 11) is 0. The van der Waals surface area contributed by atoms with Crippen LogP contribution in [0.25, 0.3) is 0 Å². The standard InChI is InChI=1S/C21H25N5O/c1-15-11-20(25-24-15)21(27)26(13-18-12-22-14-23-18)19-9-7-17(8-10-19)16-5-3-2-4-6-16/h2-6,11-12,14,17,19H,7-10,13H2,1H3,(H,22,23)(H,24,25). The first-order valence-corrected chi connectivity index (χ1v) is 9.56. The maximum Gasteiger partial charge on any atom is 0.274 e. The molecule has 1 fully saturated rings. The van der Waals surface area contributed by atoms with Crippen molar-refractivity contribution >= 4 is 5.91 Å². The fraction of sp³-hybridized carbons (Fsp3) is 0.381. The summed E-state index contributed by atoms with van der Waals surface area (Å²) in [6, 6.07) is 12.7. The fourth-order valence-corrected chi connectivity index (χ4v) is 4.04. The maximum atomic E-state index is 13.1. The van der Waals surface area contributed by atoms with Gasteiger partial charge in [0.05, 0.1) is 18.6 Å². The van der Waals surface area contributed by atoms with Gasteiger partial charge in [-0.15, -0.1) is 0 Å². The smallest absolute Gasteiger partial charge is 0.274 e. The molecule has 6 heteroatoms. The van der Waals surface area contributed by atoms with Crippen LogP contribution in [0.15, 0.2) is 48.9 Å².